The van der Waals surface area contributed by atoms with Gasteiger partial charge in [-0.05, 0) is 42.3 Å². The first kappa shape index (κ1) is 24.7. The zero-order chi connectivity index (χ0) is 24.9. The van der Waals surface area contributed by atoms with Crippen molar-refractivity contribution in [2.75, 3.05) is 11.8 Å². The highest BCUT2D eigenvalue weighted by Crippen LogP contribution is 2.31. The summed E-state index contributed by atoms with van der Waals surface area (Å²) in [6.45, 7) is 0. The van der Waals surface area contributed by atoms with E-state index in [9.17, 15) is 22.8 Å². The molecule has 8 nitrogen and oxygen atoms in total. The van der Waals surface area contributed by atoms with Crippen molar-refractivity contribution >= 4 is 40.8 Å². The Bertz CT molecular complexity index is 1300. The number of thiazole rings is 1. The first-order valence-electron chi connectivity index (χ1n) is 9.07. The van der Waals surface area contributed by atoms with E-state index >= 15 is 0 Å². The molecule has 0 fully saturated rings. The maximum Gasteiger partial charge on any atom is 0.573 e. The van der Waals surface area contributed by atoms with E-state index < -0.39 is 29.6 Å². The number of methoxy groups -OCH3 is 1. The van der Waals surface area contributed by atoms with E-state index in [1.165, 1.54) is 36.6 Å². The number of carbonyl (C=O) groups excluding carboxylic acids is 1. The third kappa shape index (κ3) is 6.56. The number of aromatic nitrogens is 1. The fourth-order valence-corrected chi connectivity index (χ4v) is 3.96. The number of nitrogens with zero attached hydrogens (tertiary/aromatic N) is 1. The van der Waals surface area contributed by atoms with Crippen LogP contribution in [0, 0.1) is 11.8 Å². The summed E-state index contributed by atoms with van der Waals surface area (Å²) in [6.07, 6.45) is -5.00. The fraction of sp³-hybridized carbons (Fsp3) is 0.0952. The predicted octanol–water partition coefficient (Wildman–Crippen LogP) is 4.37. The lowest BCUT2D eigenvalue weighted by atomic mass is 10.1. The number of hydrogen-bond acceptors (Lipinski definition) is 8. The number of rotatable bonds is 7. The van der Waals surface area contributed by atoms with Crippen molar-refractivity contribution in [2.24, 2.45) is 5.73 Å². The molecular weight excluding hydrogens is 495 g/mol. The van der Waals surface area contributed by atoms with Crippen molar-refractivity contribution in [2.45, 2.75) is 11.4 Å². The van der Waals surface area contributed by atoms with Crippen LogP contribution >= 0.6 is 23.3 Å². The quantitative estimate of drug-likeness (QED) is 0.317. The van der Waals surface area contributed by atoms with E-state index in [4.69, 9.17) is 15.6 Å². The molecule has 3 aromatic rings. The minimum atomic E-state index is -5.00. The van der Waals surface area contributed by atoms with Crippen molar-refractivity contribution in [3.8, 4) is 23.3 Å². The number of benzene rings is 2. The van der Waals surface area contributed by atoms with Crippen LogP contribution in [0.4, 0.5) is 18.9 Å². The molecule has 0 radical (unpaired) electrons. The third-order valence-electron chi connectivity index (χ3n) is 3.98. The van der Waals surface area contributed by atoms with E-state index in [1.807, 2.05) is 0 Å². The topological polar surface area (TPSA) is 124 Å². The molecule has 4 N–H and O–H groups in total. The lowest BCUT2D eigenvalue weighted by Crippen LogP contribution is -2.21. The predicted molar refractivity (Wildman–Crippen MR) is 119 cm³/mol. The molecule has 1 heterocycles. The van der Waals surface area contributed by atoms with Gasteiger partial charge in [0.05, 0.1) is 23.9 Å². The number of carboxylic acids is 1. The molecule has 0 saturated heterocycles. The molecular formula is C21H14F3N3O5S2. The average Bonchev–Trinajstić information content (AvgIpc) is 3.22. The van der Waals surface area contributed by atoms with Crippen molar-refractivity contribution < 1.29 is 37.3 Å². The standard InChI is InChI=1S/C21H14F3N3O5S2/c1-31-16-9-12(20(29)30)4-6-14(16)27-34-18-10-33-17(26-18)7-3-11-2-5-13(19(25)28)15(8-11)32-21(22,23)24/h2,4-6,8-10,27H,1H3,(H2,25,28)(H,29,30). The molecule has 0 atom stereocenters. The summed E-state index contributed by atoms with van der Waals surface area (Å²) in [5, 5.41) is 11.7. The fourth-order valence-electron chi connectivity index (χ4n) is 2.52. The summed E-state index contributed by atoms with van der Waals surface area (Å²) in [4.78, 5) is 26.7. The SMILES string of the molecule is COc1cc(C(=O)O)ccc1NSc1csc(C#Cc2ccc(C(N)=O)c(OC(F)(F)F)c2)n1. The Hall–Kier alpha value is -3.89. The number of hydrogen-bond donors (Lipinski definition) is 3. The van der Waals surface area contributed by atoms with Crippen molar-refractivity contribution in [1.29, 1.82) is 0 Å². The normalized spacial score (nSPS) is 10.7. The first-order valence-corrected chi connectivity index (χ1v) is 10.8. The molecule has 1 amide bonds. The minimum Gasteiger partial charge on any atom is -0.495 e. The van der Waals surface area contributed by atoms with Crippen LogP contribution in [0.25, 0.3) is 0 Å². The molecule has 0 saturated carbocycles. The van der Waals surface area contributed by atoms with Crippen LogP contribution in [0.1, 0.15) is 31.3 Å². The molecule has 34 heavy (non-hydrogen) atoms. The third-order valence-corrected chi connectivity index (χ3v) is 5.63. The smallest absolute Gasteiger partial charge is 0.495 e. The molecule has 0 bridgehead atoms. The number of carbonyl (C=O) groups is 2. The molecule has 0 aliphatic heterocycles. The number of halogens is 3. The second kappa shape index (κ2) is 10.4. The molecule has 1 aromatic heterocycles. The number of nitrogens with one attached hydrogen (secondary N) is 1. The maximum absolute atomic E-state index is 12.6. The highest BCUT2D eigenvalue weighted by Gasteiger charge is 2.32. The van der Waals surface area contributed by atoms with Gasteiger partial charge in [-0.3, -0.25) is 4.79 Å². The van der Waals surface area contributed by atoms with E-state index in [0.29, 0.717) is 21.5 Å². The molecule has 3 rings (SSSR count). The molecule has 176 valence electrons. The Kier molecular flexibility index (Phi) is 7.54. The van der Waals surface area contributed by atoms with Gasteiger partial charge in [-0.25, -0.2) is 9.78 Å². The average molecular weight is 509 g/mol. The summed E-state index contributed by atoms with van der Waals surface area (Å²) >= 11 is 2.33. The Morgan fingerprint density at radius 3 is 2.59 bits per heavy atom. The van der Waals surface area contributed by atoms with Gasteiger partial charge in [-0.2, -0.15) is 0 Å². The second-order valence-corrected chi connectivity index (χ2v) is 7.97. The molecule has 2 aromatic carbocycles. The largest absolute Gasteiger partial charge is 0.573 e. The molecule has 0 spiro atoms. The van der Waals surface area contributed by atoms with Gasteiger partial charge < -0.3 is 25.0 Å². The maximum atomic E-state index is 12.6. The Morgan fingerprint density at radius 2 is 1.94 bits per heavy atom. The number of ether oxygens (including phenoxy) is 2. The lowest BCUT2D eigenvalue weighted by molar-refractivity contribution is -0.274. The highest BCUT2D eigenvalue weighted by molar-refractivity contribution is 8.00. The Morgan fingerprint density at radius 1 is 1.18 bits per heavy atom. The lowest BCUT2D eigenvalue weighted by Gasteiger charge is -2.11. The van der Waals surface area contributed by atoms with Crippen LogP contribution in [-0.4, -0.2) is 35.4 Å². The Labute approximate surface area is 199 Å². The van der Waals surface area contributed by atoms with E-state index in [-0.39, 0.29) is 11.1 Å². The van der Waals surface area contributed by atoms with Crippen molar-refractivity contribution in [3.05, 3.63) is 63.5 Å². The summed E-state index contributed by atoms with van der Waals surface area (Å²) in [5.41, 5.74) is 5.43. The zero-order valence-electron chi connectivity index (χ0n) is 17.1. The number of nitrogens with two attached hydrogens (primary N) is 1. The van der Waals surface area contributed by atoms with Gasteiger partial charge in [0.2, 0.25) is 0 Å². The Balaban J connectivity index is 1.73. The number of primary amides is 1. The van der Waals surface area contributed by atoms with Gasteiger partial charge in [-0.1, -0.05) is 5.92 Å². The van der Waals surface area contributed by atoms with Gasteiger partial charge in [0.1, 0.15) is 16.5 Å². The van der Waals surface area contributed by atoms with Crippen LogP contribution in [0.3, 0.4) is 0 Å². The van der Waals surface area contributed by atoms with Gasteiger partial charge in [-0.15, -0.1) is 24.5 Å². The number of aromatic carboxylic acids is 1. The first-order chi connectivity index (χ1) is 16.1. The van der Waals surface area contributed by atoms with Crippen LogP contribution < -0.4 is 19.9 Å². The van der Waals surface area contributed by atoms with Crippen LogP contribution in [0.2, 0.25) is 0 Å². The van der Waals surface area contributed by atoms with Gasteiger partial charge in [0, 0.05) is 22.9 Å². The van der Waals surface area contributed by atoms with E-state index in [2.05, 4.69) is 26.3 Å². The zero-order valence-corrected chi connectivity index (χ0v) is 18.7. The minimum absolute atomic E-state index is 0.0753. The summed E-state index contributed by atoms with van der Waals surface area (Å²) in [7, 11) is 1.41. The number of anilines is 1. The van der Waals surface area contributed by atoms with Gasteiger partial charge in [0.15, 0.2) is 5.01 Å². The summed E-state index contributed by atoms with van der Waals surface area (Å²) in [6, 6.07) is 7.77. The van der Waals surface area contributed by atoms with Gasteiger partial charge in [0.25, 0.3) is 5.91 Å². The monoisotopic (exact) mass is 509 g/mol. The van der Waals surface area contributed by atoms with Crippen LogP contribution in [0.5, 0.6) is 11.5 Å². The van der Waals surface area contributed by atoms with Crippen molar-refractivity contribution in [1.82, 2.24) is 4.98 Å². The number of alkyl halides is 3. The van der Waals surface area contributed by atoms with E-state index in [0.717, 1.165) is 24.1 Å². The molecule has 0 unspecified atom stereocenters. The molecule has 0 aliphatic rings. The summed E-state index contributed by atoms with van der Waals surface area (Å²) < 4.78 is 49.9. The number of carboxylic acid groups (broad SMARTS) is 1. The summed E-state index contributed by atoms with van der Waals surface area (Å²) in [5.74, 6) is 2.84. The van der Waals surface area contributed by atoms with Crippen LogP contribution in [-0.2, 0) is 0 Å². The van der Waals surface area contributed by atoms with Crippen molar-refractivity contribution in [3.63, 3.8) is 0 Å². The molecule has 13 heteroatoms. The highest BCUT2D eigenvalue weighted by atomic mass is 32.2. The number of amides is 1. The van der Waals surface area contributed by atoms with Gasteiger partial charge >= 0.3 is 12.3 Å². The molecule has 0 aliphatic carbocycles. The van der Waals surface area contributed by atoms with E-state index in [1.54, 1.807) is 11.4 Å². The van der Waals surface area contributed by atoms with Crippen LogP contribution in [0.15, 0.2) is 46.8 Å². The second-order valence-electron chi connectivity index (χ2n) is 6.29.